The molecule has 8 heteroatoms. The standard InChI is InChI=1S/C9H8Cl3N3O2/c1-13-7(5-15(16)17)9(11,12)6-2-3-8(10)14-4-6/h2-5,13H,1H3/b7-5+. The number of rotatable bonds is 4. The van der Waals surface area contributed by atoms with E-state index in [1.165, 1.54) is 19.3 Å². The minimum absolute atomic E-state index is 0.0370. The molecule has 1 aromatic rings. The molecule has 0 aliphatic heterocycles. The van der Waals surface area contributed by atoms with Crippen LogP contribution in [0.4, 0.5) is 0 Å². The van der Waals surface area contributed by atoms with Crippen LogP contribution in [0.2, 0.25) is 5.15 Å². The van der Waals surface area contributed by atoms with Gasteiger partial charge in [-0.2, -0.15) is 0 Å². The van der Waals surface area contributed by atoms with E-state index in [9.17, 15) is 10.1 Å². The van der Waals surface area contributed by atoms with Gasteiger partial charge in [-0.05, 0) is 6.07 Å². The van der Waals surface area contributed by atoms with Gasteiger partial charge in [-0.25, -0.2) is 4.98 Å². The molecule has 1 N–H and O–H groups in total. The zero-order chi connectivity index (χ0) is 13.1. The summed E-state index contributed by atoms with van der Waals surface area (Å²) >= 11 is 17.8. The van der Waals surface area contributed by atoms with E-state index in [4.69, 9.17) is 34.8 Å². The fourth-order valence-corrected chi connectivity index (χ4v) is 1.75. The van der Waals surface area contributed by atoms with Crippen LogP contribution in [0.15, 0.2) is 30.2 Å². The molecule has 0 aliphatic carbocycles. The lowest BCUT2D eigenvalue weighted by Gasteiger charge is -2.21. The summed E-state index contributed by atoms with van der Waals surface area (Å²) < 4.78 is -1.58. The lowest BCUT2D eigenvalue weighted by Crippen LogP contribution is -2.25. The normalized spacial score (nSPS) is 12.4. The van der Waals surface area contributed by atoms with Gasteiger partial charge in [0.15, 0.2) is 4.33 Å². The molecular formula is C9H8Cl3N3O2. The van der Waals surface area contributed by atoms with Crippen LogP contribution in [0.25, 0.3) is 0 Å². The number of hydrogen-bond donors (Lipinski definition) is 1. The molecule has 1 heterocycles. The predicted molar refractivity (Wildman–Crippen MR) is 66.8 cm³/mol. The number of hydrogen-bond acceptors (Lipinski definition) is 4. The molecule has 5 nitrogen and oxygen atoms in total. The molecule has 0 spiro atoms. The quantitative estimate of drug-likeness (QED) is 0.401. The number of likely N-dealkylation sites (N-methyl/N-ethyl adjacent to an activating group) is 1. The Balaban J connectivity index is 3.16. The van der Waals surface area contributed by atoms with E-state index in [0.717, 1.165) is 0 Å². The van der Waals surface area contributed by atoms with E-state index in [2.05, 4.69) is 10.3 Å². The third-order valence-electron chi connectivity index (χ3n) is 1.93. The molecule has 0 saturated carbocycles. The zero-order valence-corrected chi connectivity index (χ0v) is 10.9. The molecule has 0 fully saturated rings. The molecule has 0 aliphatic rings. The van der Waals surface area contributed by atoms with Crippen molar-refractivity contribution in [2.24, 2.45) is 0 Å². The second kappa shape index (κ2) is 5.53. The van der Waals surface area contributed by atoms with Crippen LogP contribution in [0.5, 0.6) is 0 Å². The summed E-state index contributed by atoms with van der Waals surface area (Å²) in [6, 6.07) is 3.04. The average molecular weight is 297 g/mol. The van der Waals surface area contributed by atoms with Gasteiger partial charge >= 0.3 is 0 Å². The summed E-state index contributed by atoms with van der Waals surface area (Å²) in [7, 11) is 1.48. The number of aromatic nitrogens is 1. The highest BCUT2D eigenvalue weighted by Gasteiger charge is 2.34. The molecular weight excluding hydrogens is 288 g/mol. The lowest BCUT2D eigenvalue weighted by molar-refractivity contribution is -0.404. The van der Waals surface area contributed by atoms with Crippen molar-refractivity contribution < 1.29 is 4.92 Å². The Morgan fingerprint density at radius 1 is 1.59 bits per heavy atom. The van der Waals surface area contributed by atoms with Crippen molar-refractivity contribution >= 4 is 34.8 Å². The van der Waals surface area contributed by atoms with Crippen molar-refractivity contribution in [2.45, 2.75) is 4.33 Å². The Morgan fingerprint density at radius 3 is 2.65 bits per heavy atom. The number of nitrogens with one attached hydrogen (secondary N) is 1. The van der Waals surface area contributed by atoms with Crippen LogP contribution >= 0.6 is 34.8 Å². The molecule has 0 bridgehead atoms. The number of allylic oxidation sites excluding steroid dienone is 1. The van der Waals surface area contributed by atoms with Crippen molar-refractivity contribution in [1.82, 2.24) is 10.3 Å². The van der Waals surface area contributed by atoms with E-state index in [-0.39, 0.29) is 10.9 Å². The highest BCUT2D eigenvalue weighted by Crippen LogP contribution is 2.39. The van der Waals surface area contributed by atoms with Crippen LogP contribution in [0.3, 0.4) is 0 Å². The maximum atomic E-state index is 10.4. The van der Waals surface area contributed by atoms with Crippen LogP contribution in [0.1, 0.15) is 5.56 Å². The summed E-state index contributed by atoms with van der Waals surface area (Å²) in [5.41, 5.74) is 0.419. The van der Waals surface area contributed by atoms with Crippen molar-refractivity contribution in [1.29, 1.82) is 0 Å². The molecule has 1 rings (SSSR count). The SMILES string of the molecule is CN/C(=C/[N+](=O)[O-])C(Cl)(Cl)c1ccc(Cl)nc1. The van der Waals surface area contributed by atoms with Gasteiger partial charge in [0.1, 0.15) is 10.9 Å². The van der Waals surface area contributed by atoms with Gasteiger partial charge in [-0.1, -0.05) is 40.9 Å². The molecule has 0 radical (unpaired) electrons. The van der Waals surface area contributed by atoms with Gasteiger partial charge in [0.05, 0.1) is 4.92 Å². The Kier molecular flexibility index (Phi) is 4.56. The van der Waals surface area contributed by atoms with E-state index >= 15 is 0 Å². The minimum Gasteiger partial charge on any atom is -0.384 e. The van der Waals surface area contributed by atoms with Crippen LogP contribution in [-0.4, -0.2) is 17.0 Å². The third-order valence-corrected chi connectivity index (χ3v) is 3.00. The fraction of sp³-hybridized carbons (Fsp3) is 0.222. The number of halogens is 3. The number of nitro groups is 1. The smallest absolute Gasteiger partial charge is 0.256 e. The van der Waals surface area contributed by atoms with Crippen LogP contribution in [-0.2, 0) is 4.33 Å². The van der Waals surface area contributed by atoms with E-state index in [1.807, 2.05) is 0 Å². The van der Waals surface area contributed by atoms with Gasteiger partial charge in [0, 0.05) is 18.8 Å². The van der Waals surface area contributed by atoms with E-state index < -0.39 is 9.26 Å². The summed E-state index contributed by atoms with van der Waals surface area (Å²) in [4.78, 5) is 13.6. The summed E-state index contributed by atoms with van der Waals surface area (Å²) in [5, 5.41) is 13.3. The molecule has 0 unspecified atom stereocenters. The topological polar surface area (TPSA) is 68.1 Å². The molecule has 0 aromatic carbocycles. The largest absolute Gasteiger partial charge is 0.384 e. The van der Waals surface area contributed by atoms with Crippen molar-refractivity contribution in [3.05, 3.63) is 51.1 Å². The van der Waals surface area contributed by atoms with Gasteiger partial charge in [0.25, 0.3) is 6.20 Å². The van der Waals surface area contributed by atoms with Gasteiger partial charge in [-0.3, -0.25) is 10.1 Å². The van der Waals surface area contributed by atoms with Crippen LogP contribution in [0, 0.1) is 10.1 Å². The maximum Gasteiger partial charge on any atom is 0.256 e. The molecule has 0 atom stereocenters. The Hall–Kier alpha value is -1.04. The molecule has 92 valence electrons. The van der Waals surface area contributed by atoms with Gasteiger partial charge in [-0.15, -0.1) is 0 Å². The van der Waals surface area contributed by atoms with Crippen LogP contribution < -0.4 is 5.32 Å². The van der Waals surface area contributed by atoms with Crippen molar-refractivity contribution in [2.75, 3.05) is 7.05 Å². The molecule has 17 heavy (non-hydrogen) atoms. The lowest BCUT2D eigenvalue weighted by atomic mass is 10.1. The average Bonchev–Trinajstić information content (AvgIpc) is 2.26. The first-order valence-electron chi connectivity index (χ1n) is 4.41. The summed E-state index contributed by atoms with van der Waals surface area (Å²) in [6.07, 6.45) is 2.06. The van der Waals surface area contributed by atoms with E-state index in [1.54, 1.807) is 6.07 Å². The first-order chi connectivity index (χ1) is 7.87. The maximum absolute atomic E-state index is 10.4. The van der Waals surface area contributed by atoms with E-state index in [0.29, 0.717) is 11.8 Å². The number of pyridine rings is 1. The minimum atomic E-state index is -1.58. The number of alkyl halides is 2. The predicted octanol–water partition coefficient (Wildman–Crippen LogP) is 2.70. The highest BCUT2D eigenvalue weighted by molar-refractivity contribution is 6.50. The highest BCUT2D eigenvalue weighted by atomic mass is 35.5. The summed E-state index contributed by atoms with van der Waals surface area (Å²) in [6.45, 7) is 0. The fourth-order valence-electron chi connectivity index (χ4n) is 1.13. The first-order valence-corrected chi connectivity index (χ1v) is 5.54. The molecule has 1 aromatic heterocycles. The molecule has 0 saturated heterocycles. The first kappa shape index (κ1) is 14.0. The second-order valence-corrected chi connectivity index (χ2v) is 4.74. The Labute approximate surface area is 113 Å². The third kappa shape index (κ3) is 3.46. The van der Waals surface area contributed by atoms with Crippen molar-refractivity contribution in [3.8, 4) is 0 Å². The molecule has 0 amide bonds. The monoisotopic (exact) mass is 295 g/mol. The van der Waals surface area contributed by atoms with Gasteiger partial charge < -0.3 is 5.32 Å². The second-order valence-electron chi connectivity index (χ2n) is 3.02. The Morgan fingerprint density at radius 2 is 2.24 bits per heavy atom. The zero-order valence-electron chi connectivity index (χ0n) is 8.65. The van der Waals surface area contributed by atoms with Crippen molar-refractivity contribution in [3.63, 3.8) is 0 Å². The Bertz CT molecular complexity index is 445. The number of nitrogens with zero attached hydrogens (tertiary/aromatic N) is 2. The summed E-state index contributed by atoms with van der Waals surface area (Å²) in [5.74, 6) is 0. The van der Waals surface area contributed by atoms with Gasteiger partial charge in [0.2, 0.25) is 0 Å².